The van der Waals surface area contributed by atoms with Crippen molar-refractivity contribution in [1.29, 1.82) is 0 Å². The summed E-state index contributed by atoms with van der Waals surface area (Å²) in [4.78, 5) is 0. The van der Waals surface area contributed by atoms with Gasteiger partial charge in [0, 0.05) is 4.47 Å². The van der Waals surface area contributed by atoms with Crippen LogP contribution < -0.4 is 0 Å². The molecule has 58 valence electrons. The number of halogens is 1. The van der Waals surface area contributed by atoms with E-state index in [0.29, 0.717) is 12.2 Å². The second-order valence-corrected chi connectivity index (χ2v) is 3.73. The molecule has 0 spiro atoms. The Hall–Kier alpha value is -0.340. The minimum Gasteiger partial charge on any atom is -0.365 e. The van der Waals surface area contributed by atoms with Gasteiger partial charge in [-0.25, -0.2) is 0 Å². The molecule has 0 aliphatic carbocycles. The fourth-order valence-corrected chi connectivity index (χ4v) is 1.64. The molecular formula is C9H9BrO. The normalized spacial score (nSPS) is 28.5. The van der Waals surface area contributed by atoms with Crippen LogP contribution in [0.5, 0.6) is 0 Å². The minimum atomic E-state index is 0.340. The van der Waals surface area contributed by atoms with Gasteiger partial charge in [0.25, 0.3) is 0 Å². The smallest absolute Gasteiger partial charge is 0.109 e. The summed E-state index contributed by atoms with van der Waals surface area (Å²) in [7, 11) is 0. The van der Waals surface area contributed by atoms with Gasteiger partial charge in [-0.1, -0.05) is 28.1 Å². The summed E-state index contributed by atoms with van der Waals surface area (Å²) in [6, 6.07) is 8.26. The molecule has 2 unspecified atom stereocenters. The molecule has 1 fully saturated rings. The van der Waals surface area contributed by atoms with Crippen LogP contribution in [0.4, 0.5) is 0 Å². The van der Waals surface area contributed by atoms with Gasteiger partial charge in [0.15, 0.2) is 0 Å². The first-order valence-corrected chi connectivity index (χ1v) is 4.47. The Morgan fingerprint density at radius 1 is 1.45 bits per heavy atom. The molecule has 0 bridgehead atoms. The molecule has 0 aromatic heterocycles. The van der Waals surface area contributed by atoms with E-state index in [4.69, 9.17) is 4.74 Å². The highest BCUT2D eigenvalue weighted by atomic mass is 79.9. The number of ether oxygens (including phenoxy) is 1. The highest BCUT2D eigenvalue weighted by Crippen LogP contribution is 2.38. The van der Waals surface area contributed by atoms with E-state index in [1.165, 1.54) is 5.56 Å². The second-order valence-electron chi connectivity index (χ2n) is 2.82. The molecule has 0 radical (unpaired) electrons. The zero-order valence-corrected chi connectivity index (χ0v) is 7.84. The predicted molar refractivity (Wildman–Crippen MR) is 47.4 cm³/mol. The Bertz CT molecular complexity index is 272. The molecule has 1 aliphatic heterocycles. The number of rotatable bonds is 1. The molecule has 1 aliphatic rings. The summed E-state index contributed by atoms with van der Waals surface area (Å²) < 4.78 is 6.46. The molecular weight excluding hydrogens is 204 g/mol. The van der Waals surface area contributed by atoms with E-state index in [-0.39, 0.29) is 0 Å². The van der Waals surface area contributed by atoms with Crippen LogP contribution in [0.1, 0.15) is 18.6 Å². The maximum Gasteiger partial charge on any atom is 0.109 e. The second kappa shape index (κ2) is 2.61. The molecule has 0 amide bonds. The van der Waals surface area contributed by atoms with Gasteiger partial charge in [-0.05, 0) is 24.6 Å². The average Bonchev–Trinajstić information content (AvgIpc) is 2.67. The van der Waals surface area contributed by atoms with Gasteiger partial charge >= 0.3 is 0 Å². The molecule has 2 heteroatoms. The molecule has 1 aromatic rings. The molecule has 2 atom stereocenters. The van der Waals surface area contributed by atoms with Crippen LogP contribution in [0.15, 0.2) is 28.7 Å². The highest BCUT2D eigenvalue weighted by Gasteiger charge is 2.35. The van der Waals surface area contributed by atoms with E-state index in [0.717, 1.165) is 4.47 Å². The SMILES string of the molecule is CC1OC1c1cccc(Br)c1. The van der Waals surface area contributed by atoms with Gasteiger partial charge in [0.2, 0.25) is 0 Å². The van der Waals surface area contributed by atoms with Gasteiger partial charge in [0.1, 0.15) is 6.10 Å². The number of hydrogen-bond acceptors (Lipinski definition) is 1. The third kappa shape index (κ3) is 1.47. The van der Waals surface area contributed by atoms with E-state index < -0.39 is 0 Å². The zero-order chi connectivity index (χ0) is 7.84. The quantitative estimate of drug-likeness (QED) is 0.653. The molecule has 0 saturated carbocycles. The lowest BCUT2D eigenvalue weighted by atomic mass is 10.1. The predicted octanol–water partition coefficient (Wildman–Crippen LogP) is 2.91. The van der Waals surface area contributed by atoms with Crippen LogP contribution in [0.25, 0.3) is 0 Å². The molecule has 2 rings (SSSR count). The highest BCUT2D eigenvalue weighted by molar-refractivity contribution is 9.10. The van der Waals surface area contributed by atoms with E-state index in [1.807, 2.05) is 12.1 Å². The maximum absolute atomic E-state index is 5.34. The molecule has 1 saturated heterocycles. The topological polar surface area (TPSA) is 12.5 Å². The number of epoxide rings is 1. The monoisotopic (exact) mass is 212 g/mol. The van der Waals surface area contributed by atoms with Crippen LogP contribution >= 0.6 is 15.9 Å². The largest absolute Gasteiger partial charge is 0.365 e. The molecule has 0 N–H and O–H groups in total. The Labute approximate surface area is 74.5 Å². The van der Waals surface area contributed by atoms with Crippen molar-refractivity contribution in [1.82, 2.24) is 0 Å². The fourth-order valence-electron chi connectivity index (χ4n) is 1.22. The van der Waals surface area contributed by atoms with Crippen molar-refractivity contribution in [2.45, 2.75) is 19.1 Å². The molecule has 1 nitrogen and oxygen atoms in total. The summed E-state index contributed by atoms with van der Waals surface area (Å²) in [5, 5.41) is 0. The lowest BCUT2D eigenvalue weighted by Gasteiger charge is -1.94. The van der Waals surface area contributed by atoms with Gasteiger partial charge in [-0.2, -0.15) is 0 Å². The van der Waals surface area contributed by atoms with Crippen molar-refractivity contribution in [3.05, 3.63) is 34.3 Å². The van der Waals surface area contributed by atoms with E-state index >= 15 is 0 Å². The Balaban J connectivity index is 2.25. The minimum absolute atomic E-state index is 0.340. The summed E-state index contributed by atoms with van der Waals surface area (Å²) in [6.07, 6.45) is 0.747. The van der Waals surface area contributed by atoms with Crippen molar-refractivity contribution in [3.8, 4) is 0 Å². The van der Waals surface area contributed by atoms with Crippen molar-refractivity contribution in [2.75, 3.05) is 0 Å². The fraction of sp³-hybridized carbons (Fsp3) is 0.333. The number of benzene rings is 1. The van der Waals surface area contributed by atoms with Gasteiger partial charge in [-0.3, -0.25) is 0 Å². The third-order valence-corrected chi connectivity index (χ3v) is 2.38. The standard InChI is InChI=1S/C9H9BrO/c1-6-9(11-6)7-3-2-4-8(10)5-7/h2-6,9H,1H3. The van der Waals surface area contributed by atoms with Crippen LogP contribution in [0.2, 0.25) is 0 Å². The lowest BCUT2D eigenvalue weighted by molar-refractivity contribution is 0.383. The van der Waals surface area contributed by atoms with Gasteiger partial charge in [-0.15, -0.1) is 0 Å². The van der Waals surface area contributed by atoms with Crippen molar-refractivity contribution >= 4 is 15.9 Å². The van der Waals surface area contributed by atoms with Crippen LogP contribution in [0.3, 0.4) is 0 Å². The number of hydrogen-bond donors (Lipinski definition) is 0. The van der Waals surface area contributed by atoms with Gasteiger partial charge in [0.05, 0.1) is 6.10 Å². The summed E-state index contributed by atoms with van der Waals surface area (Å²) in [5.74, 6) is 0. The van der Waals surface area contributed by atoms with E-state index in [9.17, 15) is 0 Å². The summed E-state index contributed by atoms with van der Waals surface area (Å²) >= 11 is 3.42. The van der Waals surface area contributed by atoms with Crippen LogP contribution in [0, 0.1) is 0 Å². The van der Waals surface area contributed by atoms with Crippen molar-refractivity contribution in [3.63, 3.8) is 0 Å². The van der Waals surface area contributed by atoms with Gasteiger partial charge < -0.3 is 4.74 Å². The first-order chi connectivity index (χ1) is 5.27. The molecule has 1 heterocycles. The summed E-state index contributed by atoms with van der Waals surface area (Å²) in [6.45, 7) is 2.09. The van der Waals surface area contributed by atoms with Crippen molar-refractivity contribution in [2.24, 2.45) is 0 Å². The zero-order valence-electron chi connectivity index (χ0n) is 6.25. The first-order valence-electron chi connectivity index (χ1n) is 3.68. The maximum atomic E-state index is 5.34. The lowest BCUT2D eigenvalue weighted by Crippen LogP contribution is -1.82. The molecule has 11 heavy (non-hydrogen) atoms. The summed E-state index contributed by atoms with van der Waals surface area (Å²) in [5.41, 5.74) is 1.27. The Morgan fingerprint density at radius 2 is 2.18 bits per heavy atom. The van der Waals surface area contributed by atoms with Crippen molar-refractivity contribution < 1.29 is 4.74 Å². The molecule has 1 aromatic carbocycles. The Morgan fingerprint density at radius 3 is 2.73 bits per heavy atom. The van der Waals surface area contributed by atoms with E-state index in [2.05, 4.69) is 35.0 Å². The average molecular weight is 213 g/mol. The third-order valence-electron chi connectivity index (χ3n) is 1.89. The first kappa shape index (κ1) is 7.32. The Kier molecular flexibility index (Phi) is 1.74. The van der Waals surface area contributed by atoms with E-state index in [1.54, 1.807) is 0 Å². The van der Waals surface area contributed by atoms with Crippen LogP contribution in [-0.2, 0) is 4.74 Å². The van der Waals surface area contributed by atoms with Crippen LogP contribution in [-0.4, -0.2) is 6.10 Å².